The van der Waals surface area contributed by atoms with Crippen molar-refractivity contribution in [2.24, 2.45) is 7.05 Å². The van der Waals surface area contributed by atoms with Gasteiger partial charge in [-0.15, -0.1) is 0 Å². The van der Waals surface area contributed by atoms with Crippen molar-refractivity contribution < 1.29 is 28.9 Å². The SMILES string of the molecule is CO.COCCn1c(C=O)cc2c(OC)ccc(/C=C(\CCCOC3C=C(C)C(Cl)=C(C)C3)c3ccc(Cl)c(-c4c(C)nn(C)c4C)c3N[C@H](C)CNC=O)c21. The van der Waals surface area contributed by atoms with Crippen molar-refractivity contribution in [1.82, 2.24) is 19.7 Å². The number of hydrogen-bond acceptors (Lipinski definition) is 8. The molecule has 0 saturated heterocycles. The van der Waals surface area contributed by atoms with E-state index in [0.29, 0.717) is 55.6 Å². The lowest BCUT2D eigenvalue weighted by Gasteiger charge is -2.24. The zero-order chi connectivity index (χ0) is 41.1. The average Bonchev–Trinajstić information content (AvgIpc) is 3.69. The van der Waals surface area contributed by atoms with Crippen LogP contribution in [0.5, 0.6) is 5.75 Å². The highest BCUT2D eigenvalue weighted by molar-refractivity contribution is 6.34. The van der Waals surface area contributed by atoms with Crippen molar-refractivity contribution in [3.05, 3.63) is 85.8 Å². The molecule has 0 fully saturated rings. The largest absolute Gasteiger partial charge is 0.496 e. The maximum Gasteiger partial charge on any atom is 0.207 e. The van der Waals surface area contributed by atoms with Gasteiger partial charge in [-0.1, -0.05) is 40.9 Å². The Morgan fingerprint density at radius 1 is 1.07 bits per heavy atom. The van der Waals surface area contributed by atoms with Gasteiger partial charge in [0, 0.05) is 79.8 Å². The van der Waals surface area contributed by atoms with Crippen LogP contribution in [0.1, 0.15) is 73.0 Å². The fraction of sp³-hybridized carbons (Fsp3) is 0.419. The molecule has 2 aromatic heterocycles. The molecule has 302 valence electrons. The van der Waals surface area contributed by atoms with Gasteiger partial charge in [0.05, 0.1) is 47.4 Å². The number of aliphatic hydroxyl groups excluding tert-OH is 1. The van der Waals surface area contributed by atoms with Gasteiger partial charge in [0.1, 0.15) is 5.75 Å². The number of aromatic nitrogens is 3. The van der Waals surface area contributed by atoms with Crippen LogP contribution in [0, 0.1) is 13.8 Å². The van der Waals surface area contributed by atoms with Crippen molar-refractivity contribution in [1.29, 1.82) is 0 Å². The van der Waals surface area contributed by atoms with Crippen molar-refractivity contribution in [2.45, 2.75) is 72.6 Å². The molecule has 56 heavy (non-hydrogen) atoms. The number of allylic oxidation sites excluding steroid dienone is 3. The van der Waals surface area contributed by atoms with Crippen LogP contribution < -0.4 is 15.4 Å². The van der Waals surface area contributed by atoms with E-state index in [4.69, 9.17) is 47.6 Å². The molecule has 3 N–H and O–H groups in total. The molecule has 2 atom stereocenters. The molecular formula is C43H55Cl2N5O6. The average molecular weight is 809 g/mol. The Morgan fingerprint density at radius 3 is 2.45 bits per heavy atom. The summed E-state index contributed by atoms with van der Waals surface area (Å²) in [5.74, 6) is 0.673. The number of aldehydes is 1. The molecule has 0 saturated carbocycles. The Bertz CT molecular complexity index is 2110. The molecule has 1 amide bonds. The molecule has 2 aromatic carbocycles. The molecule has 0 aliphatic heterocycles. The van der Waals surface area contributed by atoms with Crippen LogP contribution in [0.2, 0.25) is 5.02 Å². The summed E-state index contributed by atoms with van der Waals surface area (Å²) in [5, 5.41) is 20.5. The predicted octanol–water partition coefficient (Wildman–Crippen LogP) is 8.50. The van der Waals surface area contributed by atoms with E-state index in [0.717, 1.165) is 98.2 Å². The Hall–Kier alpha value is -4.39. The van der Waals surface area contributed by atoms with Crippen LogP contribution in [-0.4, -0.2) is 85.4 Å². The van der Waals surface area contributed by atoms with E-state index in [1.54, 1.807) is 14.2 Å². The molecule has 11 nitrogen and oxygen atoms in total. The van der Waals surface area contributed by atoms with Gasteiger partial charge >= 0.3 is 0 Å². The summed E-state index contributed by atoms with van der Waals surface area (Å²) >= 11 is 13.6. The summed E-state index contributed by atoms with van der Waals surface area (Å²) in [7, 11) is 6.20. The highest BCUT2D eigenvalue weighted by atomic mass is 35.5. The smallest absolute Gasteiger partial charge is 0.207 e. The van der Waals surface area contributed by atoms with Crippen LogP contribution in [-0.2, 0) is 27.9 Å². The lowest BCUT2D eigenvalue weighted by molar-refractivity contribution is -0.109. The van der Waals surface area contributed by atoms with Crippen LogP contribution in [0.3, 0.4) is 0 Å². The first-order valence-electron chi connectivity index (χ1n) is 18.7. The molecular weight excluding hydrogens is 753 g/mol. The summed E-state index contributed by atoms with van der Waals surface area (Å²) in [5.41, 5.74) is 10.9. The molecule has 5 rings (SSSR count). The number of aliphatic hydroxyl groups is 1. The van der Waals surface area contributed by atoms with Gasteiger partial charge in [-0.05, 0) is 101 Å². The van der Waals surface area contributed by atoms with Gasteiger partial charge < -0.3 is 34.5 Å². The standard InChI is InChI=1S/C42H51Cl2N5O5.CH4O/c1-25-18-33(19-26(2)40(25)44)54-16-9-10-30(20-31-11-14-37(53-8)35-21-32(23-50)49(42(31)35)15-17-52-7)34-12-13-36(43)39(38-28(4)47-48(6)29(38)5)41(34)46-27(3)22-45-24-51;1-2/h11-14,18,20-21,23-24,27,33,46H,9-10,15-17,19,22H2,1-8H3,(H,45,51);2H,1H3/b30-20+;/t27-,33?;/m1./s1. The van der Waals surface area contributed by atoms with Gasteiger partial charge in [0.15, 0.2) is 6.29 Å². The van der Waals surface area contributed by atoms with E-state index < -0.39 is 0 Å². The first-order chi connectivity index (χ1) is 26.9. The minimum Gasteiger partial charge on any atom is -0.496 e. The fourth-order valence-electron chi connectivity index (χ4n) is 7.33. The minimum absolute atomic E-state index is 0.0472. The number of carbonyl (C=O) groups excluding carboxylic acids is 2. The van der Waals surface area contributed by atoms with Crippen LogP contribution in [0.25, 0.3) is 33.7 Å². The molecule has 0 bridgehead atoms. The van der Waals surface area contributed by atoms with E-state index in [1.807, 2.05) is 81.2 Å². The third-order valence-corrected chi connectivity index (χ3v) is 11.0. The molecule has 1 aliphatic rings. The number of ether oxygens (including phenoxy) is 3. The summed E-state index contributed by atoms with van der Waals surface area (Å²) in [6, 6.07) is 9.67. The molecule has 2 heterocycles. The number of nitrogens with zero attached hydrogens (tertiary/aromatic N) is 3. The Kier molecular flexibility index (Phi) is 16.4. The monoisotopic (exact) mass is 807 g/mol. The maximum atomic E-state index is 12.4. The zero-order valence-electron chi connectivity index (χ0n) is 33.9. The number of fused-ring (bicyclic) bond motifs is 1. The highest BCUT2D eigenvalue weighted by Gasteiger charge is 2.25. The van der Waals surface area contributed by atoms with Crippen LogP contribution in [0.4, 0.5) is 5.69 Å². The third-order valence-electron chi connectivity index (χ3n) is 10.0. The number of aryl methyl sites for hydroxylation is 2. The maximum absolute atomic E-state index is 12.4. The number of methoxy groups -OCH3 is 2. The van der Waals surface area contributed by atoms with Crippen molar-refractivity contribution in [3.8, 4) is 16.9 Å². The van der Waals surface area contributed by atoms with Crippen LogP contribution in [0.15, 0.2) is 52.6 Å². The number of rotatable bonds is 18. The first kappa shape index (κ1) is 44.3. The van der Waals surface area contributed by atoms with Gasteiger partial charge in [-0.3, -0.25) is 14.3 Å². The van der Waals surface area contributed by atoms with E-state index in [9.17, 15) is 9.59 Å². The minimum atomic E-state index is -0.147. The van der Waals surface area contributed by atoms with E-state index in [1.165, 1.54) is 0 Å². The predicted molar refractivity (Wildman–Crippen MR) is 228 cm³/mol. The first-order valence-corrected chi connectivity index (χ1v) is 19.4. The molecule has 13 heteroatoms. The zero-order valence-corrected chi connectivity index (χ0v) is 35.4. The number of hydrogen-bond donors (Lipinski definition) is 3. The number of halogens is 2. The number of amides is 1. The second-order valence-electron chi connectivity index (χ2n) is 13.9. The molecule has 0 spiro atoms. The van der Waals surface area contributed by atoms with Crippen molar-refractivity contribution in [3.63, 3.8) is 0 Å². The summed E-state index contributed by atoms with van der Waals surface area (Å²) in [6.07, 6.45) is 7.94. The Labute approximate surface area is 340 Å². The molecule has 1 aliphatic carbocycles. The third kappa shape index (κ3) is 9.94. The molecule has 4 aromatic rings. The Balaban J connectivity index is 0.00000342. The number of nitrogens with one attached hydrogen (secondary N) is 2. The summed E-state index contributed by atoms with van der Waals surface area (Å²) in [4.78, 5) is 23.7. The number of anilines is 1. The van der Waals surface area contributed by atoms with E-state index in [2.05, 4.69) is 22.8 Å². The highest BCUT2D eigenvalue weighted by Crippen LogP contribution is 2.45. The van der Waals surface area contributed by atoms with E-state index in [-0.39, 0.29) is 12.1 Å². The topological polar surface area (TPSA) is 129 Å². The second kappa shape index (κ2) is 20.7. The summed E-state index contributed by atoms with van der Waals surface area (Å²) < 4.78 is 21.5. The number of carbonyl (C=O) groups is 2. The lowest BCUT2D eigenvalue weighted by Crippen LogP contribution is -2.30. The Morgan fingerprint density at radius 2 is 1.82 bits per heavy atom. The van der Waals surface area contributed by atoms with Gasteiger partial charge in [0.2, 0.25) is 6.41 Å². The van der Waals surface area contributed by atoms with Gasteiger partial charge in [0.25, 0.3) is 0 Å². The lowest BCUT2D eigenvalue weighted by atomic mass is 9.91. The fourth-order valence-corrected chi connectivity index (χ4v) is 7.72. The van der Waals surface area contributed by atoms with Crippen LogP contribution >= 0.6 is 23.2 Å². The van der Waals surface area contributed by atoms with Gasteiger partial charge in [-0.25, -0.2) is 0 Å². The van der Waals surface area contributed by atoms with Gasteiger partial charge in [-0.2, -0.15) is 5.10 Å². The summed E-state index contributed by atoms with van der Waals surface area (Å²) in [6.45, 7) is 11.9. The second-order valence-corrected chi connectivity index (χ2v) is 14.7. The van der Waals surface area contributed by atoms with Crippen molar-refractivity contribution in [2.75, 3.05) is 46.4 Å². The normalized spacial score (nSPS) is 15.0. The number of benzene rings is 2. The van der Waals surface area contributed by atoms with E-state index >= 15 is 0 Å². The quantitative estimate of drug-likeness (QED) is 0.0519. The van der Waals surface area contributed by atoms with Crippen molar-refractivity contribution >= 4 is 64.1 Å². The molecule has 0 radical (unpaired) electrons. The molecule has 1 unspecified atom stereocenters.